The van der Waals surface area contributed by atoms with E-state index < -0.39 is 79.2 Å². The SMILES string of the molecule is COc1ccc(C(=O)C(=O)c2ccc(OC3OC(COC4OCC(O)C(O)C4O)C(O)C(O)C3O)cc2O)cc1. The predicted octanol–water partition coefficient (Wildman–Crippen LogP) is -1.89. The summed E-state index contributed by atoms with van der Waals surface area (Å²) in [6.45, 7) is -0.806. The Labute approximate surface area is 227 Å². The summed E-state index contributed by atoms with van der Waals surface area (Å²) >= 11 is 0. The number of hydrogen-bond acceptors (Lipinski definition) is 14. The van der Waals surface area contributed by atoms with Crippen molar-refractivity contribution >= 4 is 11.6 Å². The Morgan fingerprint density at radius 2 is 1.48 bits per heavy atom. The van der Waals surface area contributed by atoms with Crippen LogP contribution in [0.15, 0.2) is 42.5 Å². The first-order valence-electron chi connectivity index (χ1n) is 12.2. The number of carbonyl (C=O) groups is 2. The van der Waals surface area contributed by atoms with E-state index in [9.17, 15) is 45.3 Å². The molecular formula is C26H30O14. The van der Waals surface area contributed by atoms with E-state index in [0.29, 0.717) is 5.75 Å². The molecule has 0 amide bonds. The molecule has 0 saturated carbocycles. The third kappa shape index (κ3) is 6.25. The number of benzene rings is 2. The first kappa shape index (κ1) is 29.8. The Kier molecular flexibility index (Phi) is 9.35. The van der Waals surface area contributed by atoms with Crippen LogP contribution in [0, 0.1) is 0 Å². The number of rotatable bonds is 9. The van der Waals surface area contributed by atoms with Gasteiger partial charge in [0.15, 0.2) is 6.29 Å². The fourth-order valence-corrected chi connectivity index (χ4v) is 4.17. The van der Waals surface area contributed by atoms with Crippen LogP contribution in [0.4, 0.5) is 0 Å². The summed E-state index contributed by atoms with van der Waals surface area (Å²) in [5.74, 6) is -2.07. The monoisotopic (exact) mass is 566 g/mol. The number of phenols is 1. The second-order valence-corrected chi connectivity index (χ2v) is 9.28. The highest BCUT2D eigenvalue weighted by Crippen LogP contribution is 2.30. The number of aliphatic hydroxyl groups excluding tert-OH is 6. The Bertz CT molecular complexity index is 1190. The second kappa shape index (κ2) is 12.6. The number of hydrogen-bond donors (Lipinski definition) is 7. The molecule has 2 aromatic rings. The Morgan fingerprint density at radius 1 is 0.825 bits per heavy atom. The van der Waals surface area contributed by atoms with Gasteiger partial charge >= 0.3 is 0 Å². The topological polar surface area (TPSA) is 222 Å². The molecule has 9 atom stereocenters. The van der Waals surface area contributed by atoms with E-state index >= 15 is 0 Å². The average Bonchev–Trinajstić information content (AvgIpc) is 2.95. The molecule has 40 heavy (non-hydrogen) atoms. The van der Waals surface area contributed by atoms with Gasteiger partial charge in [-0.3, -0.25) is 9.59 Å². The van der Waals surface area contributed by atoms with Gasteiger partial charge in [-0.05, 0) is 36.4 Å². The van der Waals surface area contributed by atoms with Crippen LogP contribution in [-0.2, 0) is 14.2 Å². The van der Waals surface area contributed by atoms with Crippen molar-refractivity contribution in [1.82, 2.24) is 0 Å². The molecule has 2 aliphatic heterocycles. The van der Waals surface area contributed by atoms with Crippen molar-refractivity contribution < 1.29 is 69.0 Å². The molecule has 2 heterocycles. The van der Waals surface area contributed by atoms with E-state index in [2.05, 4.69) is 0 Å². The van der Waals surface area contributed by atoms with Crippen LogP contribution in [-0.4, -0.2) is 123 Å². The number of aliphatic hydroxyl groups is 6. The standard InChI is InChI=1S/C26H30O14/c1-36-12-4-2-11(3-5-12)18(29)19(30)14-7-6-13(8-15(14)27)39-26-24(35)22(33)21(32)17(40-26)10-38-25-23(34)20(31)16(28)9-37-25/h2-8,16-17,20-28,31-35H,9-10H2,1H3. The summed E-state index contributed by atoms with van der Waals surface area (Å²) in [6.07, 6.45) is -13.9. The number of phenolic OH excluding ortho intramolecular Hbond substituents is 1. The molecule has 4 rings (SSSR count). The third-order valence-corrected chi connectivity index (χ3v) is 6.57. The summed E-state index contributed by atoms with van der Waals surface area (Å²) in [5.41, 5.74) is -0.222. The molecule has 0 bridgehead atoms. The number of ether oxygens (including phenoxy) is 5. The van der Waals surface area contributed by atoms with Crippen molar-refractivity contribution in [1.29, 1.82) is 0 Å². The van der Waals surface area contributed by atoms with E-state index in [1.54, 1.807) is 0 Å². The van der Waals surface area contributed by atoms with E-state index in [4.69, 9.17) is 23.7 Å². The molecule has 0 aromatic heterocycles. The van der Waals surface area contributed by atoms with E-state index in [1.807, 2.05) is 0 Å². The molecule has 14 nitrogen and oxygen atoms in total. The minimum Gasteiger partial charge on any atom is -0.507 e. The molecule has 2 fully saturated rings. The molecule has 2 aromatic carbocycles. The Hall–Kier alpha value is -3.18. The van der Waals surface area contributed by atoms with Crippen LogP contribution < -0.4 is 9.47 Å². The minimum atomic E-state index is -1.76. The zero-order valence-electron chi connectivity index (χ0n) is 21.1. The van der Waals surface area contributed by atoms with Crippen molar-refractivity contribution in [3.8, 4) is 17.2 Å². The zero-order chi connectivity index (χ0) is 29.1. The summed E-state index contributed by atoms with van der Waals surface area (Å²) in [4.78, 5) is 25.3. The first-order chi connectivity index (χ1) is 19.0. The molecule has 0 aliphatic carbocycles. The molecule has 2 aliphatic rings. The van der Waals surface area contributed by atoms with Gasteiger partial charge in [0.2, 0.25) is 17.9 Å². The van der Waals surface area contributed by atoms with Crippen LogP contribution in [0.3, 0.4) is 0 Å². The number of methoxy groups -OCH3 is 1. The van der Waals surface area contributed by atoms with Crippen molar-refractivity contribution in [3.05, 3.63) is 53.6 Å². The minimum absolute atomic E-state index is 0.0851. The van der Waals surface area contributed by atoms with Gasteiger partial charge in [-0.15, -0.1) is 0 Å². The van der Waals surface area contributed by atoms with Crippen molar-refractivity contribution in [2.24, 2.45) is 0 Å². The zero-order valence-corrected chi connectivity index (χ0v) is 21.1. The van der Waals surface area contributed by atoms with Gasteiger partial charge in [0.05, 0.1) is 25.9 Å². The largest absolute Gasteiger partial charge is 0.507 e. The summed E-state index contributed by atoms with van der Waals surface area (Å²) in [6, 6.07) is 9.20. The summed E-state index contributed by atoms with van der Waals surface area (Å²) in [5, 5.41) is 70.7. The van der Waals surface area contributed by atoms with E-state index in [1.165, 1.54) is 37.4 Å². The van der Waals surface area contributed by atoms with Crippen LogP contribution in [0.5, 0.6) is 17.2 Å². The van der Waals surface area contributed by atoms with Crippen molar-refractivity contribution in [3.63, 3.8) is 0 Å². The molecule has 218 valence electrons. The molecule has 2 saturated heterocycles. The molecule has 14 heteroatoms. The van der Waals surface area contributed by atoms with Crippen LogP contribution in [0.1, 0.15) is 20.7 Å². The van der Waals surface area contributed by atoms with E-state index in [0.717, 1.165) is 12.1 Å². The lowest BCUT2D eigenvalue weighted by atomic mass is 9.99. The van der Waals surface area contributed by atoms with Gasteiger partial charge in [-0.2, -0.15) is 0 Å². The number of Topliss-reactive ketones (excluding diaryl/α,β-unsaturated/α-hetero) is 2. The van der Waals surface area contributed by atoms with Gasteiger partial charge in [-0.25, -0.2) is 0 Å². The molecule has 7 N–H and O–H groups in total. The number of carbonyl (C=O) groups excluding carboxylic acids is 2. The number of ketones is 2. The van der Waals surface area contributed by atoms with Gasteiger partial charge in [0, 0.05) is 11.6 Å². The van der Waals surface area contributed by atoms with Crippen molar-refractivity contribution in [2.75, 3.05) is 20.3 Å². The Morgan fingerprint density at radius 3 is 2.12 bits per heavy atom. The van der Waals surface area contributed by atoms with Gasteiger partial charge in [0.1, 0.15) is 60.0 Å². The smallest absolute Gasteiger partial charge is 0.237 e. The highest BCUT2D eigenvalue weighted by molar-refractivity contribution is 6.49. The molecule has 0 radical (unpaired) electrons. The second-order valence-electron chi connectivity index (χ2n) is 9.28. The normalized spacial score (nSPS) is 32.3. The molecule has 0 spiro atoms. The van der Waals surface area contributed by atoms with Gasteiger partial charge in [0.25, 0.3) is 0 Å². The van der Waals surface area contributed by atoms with E-state index in [-0.39, 0.29) is 23.5 Å². The summed E-state index contributed by atoms with van der Waals surface area (Å²) in [7, 11) is 1.45. The number of aromatic hydroxyl groups is 1. The predicted molar refractivity (Wildman–Crippen MR) is 131 cm³/mol. The first-order valence-corrected chi connectivity index (χ1v) is 12.2. The average molecular weight is 567 g/mol. The highest BCUT2D eigenvalue weighted by Gasteiger charge is 2.46. The van der Waals surface area contributed by atoms with Crippen LogP contribution in [0.25, 0.3) is 0 Å². The lowest BCUT2D eigenvalue weighted by Gasteiger charge is -2.41. The fraction of sp³-hybridized carbons (Fsp3) is 0.462. The van der Waals surface area contributed by atoms with Crippen LogP contribution in [0.2, 0.25) is 0 Å². The maximum Gasteiger partial charge on any atom is 0.237 e. The van der Waals surface area contributed by atoms with Gasteiger partial charge < -0.3 is 59.4 Å². The Balaban J connectivity index is 1.41. The molecule has 9 unspecified atom stereocenters. The molecular weight excluding hydrogens is 536 g/mol. The highest BCUT2D eigenvalue weighted by atomic mass is 16.7. The van der Waals surface area contributed by atoms with Crippen molar-refractivity contribution in [2.45, 2.75) is 55.3 Å². The maximum absolute atomic E-state index is 12.7. The summed E-state index contributed by atoms with van der Waals surface area (Å²) < 4.78 is 26.5. The lowest BCUT2D eigenvalue weighted by Crippen LogP contribution is -2.61. The maximum atomic E-state index is 12.7. The fourth-order valence-electron chi connectivity index (χ4n) is 4.17. The lowest BCUT2D eigenvalue weighted by molar-refractivity contribution is -0.307. The third-order valence-electron chi connectivity index (χ3n) is 6.57. The van der Waals surface area contributed by atoms with Crippen LogP contribution >= 0.6 is 0 Å². The quantitative estimate of drug-likeness (QED) is 0.130. The van der Waals surface area contributed by atoms with Gasteiger partial charge in [-0.1, -0.05) is 0 Å².